The van der Waals surface area contributed by atoms with Gasteiger partial charge in [0, 0.05) is 18.0 Å². The Bertz CT molecular complexity index is 363. The van der Waals surface area contributed by atoms with Gasteiger partial charge in [-0.25, -0.2) is 9.97 Å². The van der Waals surface area contributed by atoms with Gasteiger partial charge in [0.1, 0.15) is 16.2 Å². The largest absolute Gasteiger partial charge is 0.370 e. The highest BCUT2D eigenvalue weighted by Gasteiger charge is 2.18. The van der Waals surface area contributed by atoms with Crippen LogP contribution < -0.4 is 5.32 Å². The smallest absolute Gasteiger partial charge is 0.137 e. The quantitative estimate of drug-likeness (QED) is 0.663. The van der Waals surface area contributed by atoms with E-state index in [1.54, 1.807) is 0 Å². The summed E-state index contributed by atoms with van der Waals surface area (Å²) in [6.45, 7) is 7.30. The fourth-order valence-corrected chi connectivity index (χ4v) is 2.09. The molecule has 0 spiro atoms. The van der Waals surface area contributed by atoms with Gasteiger partial charge in [-0.05, 0) is 34.4 Å². The number of hydrogen-bond acceptors (Lipinski definition) is 4. The summed E-state index contributed by atoms with van der Waals surface area (Å²) in [6, 6.07) is 1.92. The number of nitrogens with zero attached hydrogens (tertiary/aromatic N) is 2. The third kappa shape index (κ3) is 5.25. The van der Waals surface area contributed by atoms with Crippen molar-refractivity contribution < 1.29 is 0 Å². The molecular formula is C12H20BrN3S. The molecule has 0 bridgehead atoms. The zero-order valence-electron chi connectivity index (χ0n) is 10.9. The predicted octanol–water partition coefficient (Wildman–Crippen LogP) is 3.70. The molecule has 1 rings (SSSR count). The monoisotopic (exact) mass is 317 g/mol. The molecule has 1 aromatic heterocycles. The van der Waals surface area contributed by atoms with Crippen molar-refractivity contribution in [1.29, 1.82) is 0 Å². The fraction of sp³-hybridized carbons (Fsp3) is 0.667. The van der Waals surface area contributed by atoms with Crippen molar-refractivity contribution in [2.75, 3.05) is 23.9 Å². The average molecular weight is 318 g/mol. The Morgan fingerprint density at radius 2 is 2.06 bits per heavy atom. The standard InChI is InChI=1S/C12H20BrN3S/c1-12(2,3)11-15-9(13)8-10(16-11)14-6-5-7-17-4/h8H,5-7H2,1-4H3,(H,14,15,16). The van der Waals surface area contributed by atoms with Gasteiger partial charge in [0.25, 0.3) is 0 Å². The van der Waals surface area contributed by atoms with Gasteiger partial charge in [-0.1, -0.05) is 20.8 Å². The summed E-state index contributed by atoms with van der Waals surface area (Å²) >= 11 is 5.30. The molecule has 1 heterocycles. The second-order valence-corrected chi connectivity index (χ2v) is 6.72. The highest BCUT2D eigenvalue weighted by molar-refractivity contribution is 9.10. The van der Waals surface area contributed by atoms with Gasteiger partial charge in [0.05, 0.1) is 0 Å². The van der Waals surface area contributed by atoms with Crippen molar-refractivity contribution in [3.63, 3.8) is 0 Å². The van der Waals surface area contributed by atoms with E-state index in [0.29, 0.717) is 0 Å². The van der Waals surface area contributed by atoms with Gasteiger partial charge < -0.3 is 5.32 Å². The van der Waals surface area contributed by atoms with E-state index in [2.05, 4.69) is 58.2 Å². The maximum Gasteiger partial charge on any atom is 0.137 e. The van der Waals surface area contributed by atoms with Crippen LogP contribution in [0.4, 0.5) is 5.82 Å². The minimum absolute atomic E-state index is 0.0283. The van der Waals surface area contributed by atoms with Crippen LogP contribution in [-0.2, 0) is 5.41 Å². The van der Waals surface area contributed by atoms with Crippen LogP contribution >= 0.6 is 27.7 Å². The Morgan fingerprint density at radius 1 is 1.35 bits per heavy atom. The van der Waals surface area contributed by atoms with Crippen molar-refractivity contribution in [2.24, 2.45) is 0 Å². The zero-order chi connectivity index (χ0) is 12.9. The zero-order valence-corrected chi connectivity index (χ0v) is 13.3. The van der Waals surface area contributed by atoms with E-state index < -0.39 is 0 Å². The Morgan fingerprint density at radius 3 is 2.65 bits per heavy atom. The second kappa shape index (κ2) is 6.59. The van der Waals surface area contributed by atoms with Gasteiger partial charge >= 0.3 is 0 Å². The molecule has 17 heavy (non-hydrogen) atoms. The van der Waals surface area contributed by atoms with Crippen molar-refractivity contribution >= 4 is 33.5 Å². The summed E-state index contributed by atoms with van der Waals surface area (Å²) in [5.41, 5.74) is -0.0283. The Hall–Kier alpha value is -0.290. The molecule has 0 aromatic carbocycles. The number of halogens is 1. The number of nitrogens with one attached hydrogen (secondary N) is 1. The molecule has 0 atom stereocenters. The van der Waals surface area contributed by atoms with Crippen LogP contribution in [0.15, 0.2) is 10.7 Å². The van der Waals surface area contributed by atoms with Crippen LogP contribution in [0.5, 0.6) is 0 Å². The van der Waals surface area contributed by atoms with E-state index in [1.165, 1.54) is 5.75 Å². The molecule has 5 heteroatoms. The molecule has 1 N–H and O–H groups in total. The van der Waals surface area contributed by atoms with E-state index in [4.69, 9.17) is 0 Å². The molecule has 1 aromatic rings. The van der Waals surface area contributed by atoms with Gasteiger partial charge in [0.15, 0.2) is 0 Å². The van der Waals surface area contributed by atoms with E-state index in [-0.39, 0.29) is 5.41 Å². The summed E-state index contributed by atoms with van der Waals surface area (Å²) in [6.07, 6.45) is 3.27. The van der Waals surface area contributed by atoms with E-state index in [0.717, 1.165) is 29.2 Å². The van der Waals surface area contributed by atoms with Crippen molar-refractivity contribution in [3.8, 4) is 0 Å². The first-order valence-electron chi connectivity index (χ1n) is 5.71. The number of anilines is 1. The molecule has 0 saturated carbocycles. The number of thioether (sulfide) groups is 1. The van der Waals surface area contributed by atoms with Crippen LogP contribution in [0.25, 0.3) is 0 Å². The molecular weight excluding hydrogens is 298 g/mol. The minimum Gasteiger partial charge on any atom is -0.370 e. The molecule has 96 valence electrons. The van der Waals surface area contributed by atoms with E-state index in [9.17, 15) is 0 Å². The molecule has 0 fully saturated rings. The molecule has 0 radical (unpaired) electrons. The maximum absolute atomic E-state index is 4.54. The molecule has 0 saturated heterocycles. The highest BCUT2D eigenvalue weighted by Crippen LogP contribution is 2.22. The van der Waals surface area contributed by atoms with Gasteiger partial charge in [-0.2, -0.15) is 11.8 Å². The van der Waals surface area contributed by atoms with Gasteiger partial charge in [0.2, 0.25) is 0 Å². The molecule has 3 nitrogen and oxygen atoms in total. The first-order chi connectivity index (χ1) is 7.93. The summed E-state index contributed by atoms with van der Waals surface area (Å²) in [5, 5.41) is 3.34. The average Bonchev–Trinajstić information content (AvgIpc) is 2.22. The first kappa shape index (κ1) is 14.8. The lowest BCUT2D eigenvalue weighted by molar-refractivity contribution is 0.544. The van der Waals surface area contributed by atoms with Crippen LogP contribution in [0.2, 0.25) is 0 Å². The maximum atomic E-state index is 4.54. The topological polar surface area (TPSA) is 37.8 Å². The third-order valence-electron chi connectivity index (χ3n) is 2.20. The van der Waals surface area contributed by atoms with Crippen LogP contribution in [-0.4, -0.2) is 28.5 Å². The van der Waals surface area contributed by atoms with Crippen LogP contribution in [0.1, 0.15) is 33.0 Å². The first-order valence-corrected chi connectivity index (χ1v) is 7.90. The summed E-state index contributed by atoms with van der Waals surface area (Å²) in [4.78, 5) is 8.95. The third-order valence-corrected chi connectivity index (χ3v) is 3.30. The summed E-state index contributed by atoms with van der Waals surface area (Å²) < 4.78 is 0.838. The summed E-state index contributed by atoms with van der Waals surface area (Å²) in [5.74, 6) is 2.93. The minimum atomic E-state index is -0.0283. The number of rotatable bonds is 5. The molecule has 0 aliphatic heterocycles. The molecule has 0 aliphatic rings. The second-order valence-electron chi connectivity index (χ2n) is 4.92. The van der Waals surface area contributed by atoms with Gasteiger partial charge in [-0.3, -0.25) is 0 Å². The van der Waals surface area contributed by atoms with E-state index >= 15 is 0 Å². The Labute approximate surface area is 116 Å². The molecule has 0 unspecified atom stereocenters. The van der Waals surface area contributed by atoms with E-state index in [1.807, 2.05) is 17.8 Å². The lowest BCUT2D eigenvalue weighted by Crippen LogP contribution is -2.17. The highest BCUT2D eigenvalue weighted by atomic mass is 79.9. The van der Waals surface area contributed by atoms with Crippen molar-refractivity contribution in [2.45, 2.75) is 32.6 Å². The van der Waals surface area contributed by atoms with Crippen molar-refractivity contribution in [3.05, 3.63) is 16.5 Å². The van der Waals surface area contributed by atoms with Crippen molar-refractivity contribution in [1.82, 2.24) is 9.97 Å². The summed E-state index contributed by atoms with van der Waals surface area (Å²) in [7, 11) is 0. The molecule has 0 aliphatic carbocycles. The SMILES string of the molecule is CSCCCNc1cc(Br)nc(C(C)(C)C)n1. The normalized spacial score (nSPS) is 11.6. The predicted molar refractivity (Wildman–Crippen MR) is 79.9 cm³/mol. The number of aromatic nitrogens is 2. The fourth-order valence-electron chi connectivity index (χ4n) is 1.28. The molecule has 0 amide bonds. The lowest BCUT2D eigenvalue weighted by Gasteiger charge is -2.17. The Balaban J connectivity index is 2.69. The van der Waals surface area contributed by atoms with Gasteiger partial charge in [-0.15, -0.1) is 0 Å². The van der Waals surface area contributed by atoms with Crippen LogP contribution in [0.3, 0.4) is 0 Å². The Kier molecular flexibility index (Phi) is 5.73. The number of hydrogen-bond donors (Lipinski definition) is 1. The van der Waals surface area contributed by atoms with Crippen LogP contribution in [0, 0.1) is 0 Å². The lowest BCUT2D eigenvalue weighted by atomic mass is 9.96.